The number of methoxy groups -OCH3 is 1. The second-order valence-corrected chi connectivity index (χ2v) is 11.2. The van der Waals surface area contributed by atoms with Crippen LogP contribution in [-0.2, 0) is 14.8 Å². The molecule has 186 valence electrons. The maximum absolute atomic E-state index is 13.5. The molecule has 0 unspecified atom stereocenters. The molecule has 0 aliphatic carbocycles. The zero-order valence-corrected chi connectivity index (χ0v) is 22.1. The van der Waals surface area contributed by atoms with E-state index in [0.717, 1.165) is 9.87 Å². The van der Waals surface area contributed by atoms with Gasteiger partial charge in [-0.15, -0.1) is 0 Å². The number of hydrogen-bond donors (Lipinski definition) is 1. The van der Waals surface area contributed by atoms with Crippen LogP contribution in [0.3, 0.4) is 0 Å². The van der Waals surface area contributed by atoms with Crippen LogP contribution >= 0.6 is 23.2 Å². The lowest BCUT2D eigenvalue weighted by Crippen LogP contribution is -2.42. The lowest BCUT2D eigenvalue weighted by atomic mass is 9.97. The highest BCUT2D eigenvalue weighted by atomic mass is 35.5. The SMILES string of the molecule is COc1ccc([C@@H](CC(C)C)NC(=O)CN(c2cc(Cl)cc(Cl)c2)S(=O)(=O)c2ccccc2)cc1. The summed E-state index contributed by atoms with van der Waals surface area (Å²) in [5.74, 6) is 0.543. The number of rotatable bonds is 10. The van der Waals surface area contributed by atoms with Crippen LogP contribution in [0.25, 0.3) is 0 Å². The standard InChI is InChI=1S/C26H28Cl2N2O4S/c1-18(2)13-25(19-9-11-23(34-3)12-10-19)29-26(31)17-30(22-15-20(27)14-21(28)16-22)35(32,33)24-7-5-4-6-8-24/h4-12,14-16,18,25H,13,17H2,1-3H3,(H,29,31)/t25-/m1/s1. The molecule has 0 aromatic heterocycles. The van der Waals surface area contributed by atoms with Crippen LogP contribution in [0.4, 0.5) is 5.69 Å². The van der Waals surface area contributed by atoms with E-state index in [9.17, 15) is 13.2 Å². The molecule has 0 radical (unpaired) electrons. The summed E-state index contributed by atoms with van der Waals surface area (Å²) in [4.78, 5) is 13.3. The number of ether oxygens (including phenoxy) is 1. The minimum atomic E-state index is -4.08. The van der Waals surface area contributed by atoms with E-state index in [-0.39, 0.29) is 26.7 Å². The maximum Gasteiger partial charge on any atom is 0.264 e. The Balaban J connectivity index is 1.94. The first-order valence-electron chi connectivity index (χ1n) is 11.1. The number of nitrogens with one attached hydrogen (secondary N) is 1. The molecule has 0 aliphatic rings. The predicted octanol–water partition coefficient (Wildman–Crippen LogP) is 6.10. The van der Waals surface area contributed by atoms with Gasteiger partial charge < -0.3 is 10.1 Å². The van der Waals surface area contributed by atoms with Crippen molar-refractivity contribution in [2.24, 2.45) is 5.92 Å². The number of carbonyl (C=O) groups is 1. The Morgan fingerprint density at radius 1 is 0.971 bits per heavy atom. The molecule has 0 saturated heterocycles. The zero-order valence-electron chi connectivity index (χ0n) is 19.7. The Labute approximate surface area is 216 Å². The van der Waals surface area contributed by atoms with Crippen LogP contribution in [-0.4, -0.2) is 28.0 Å². The molecule has 0 aliphatic heterocycles. The fourth-order valence-electron chi connectivity index (χ4n) is 3.67. The van der Waals surface area contributed by atoms with Gasteiger partial charge in [0.05, 0.1) is 23.7 Å². The van der Waals surface area contributed by atoms with Crippen molar-refractivity contribution in [1.29, 1.82) is 0 Å². The second-order valence-electron chi connectivity index (χ2n) is 8.48. The quantitative estimate of drug-likeness (QED) is 0.340. The molecule has 0 heterocycles. The normalized spacial score (nSPS) is 12.3. The summed E-state index contributed by atoms with van der Waals surface area (Å²) >= 11 is 12.3. The summed E-state index contributed by atoms with van der Waals surface area (Å²) in [5, 5.41) is 3.53. The zero-order chi connectivity index (χ0) is 25.6. The third kappa shape index (κ3) is 7.13. The molecule has 1 atom stereocenters. The van der Waals surface area contributed by atoms with Crippen molar-refractivity contribution in [3.8, 4) is 5.75 Å². The number of carbonyl (C=O) groups excluding carboxylic acids is 1. The van der Waals surface area contributed by atoms with Gasteiger partial charge >= 0.3 is 0 Å². The molecule has 9 heteroatoms. The first kappa shape index (κ1) is 26.9. The molecule has 3 aromatic carbocycles. The van der Waals surface area contributed by atoms with Gasteiger partial charge in [-0.1, -0.05) is 67.4 Å². The minimum absolute atomic E-state index is 0.0535. The van der Waals surface area contributed by atoms with Gasteiger partial charge in [-0.25, -0.2) is 8.42 Å². The van der Waals surface area contributed by atoms with Crippen LogP contribution in [0.1, 0.15) is 31.9 Å². The third-order valence-corrected chi connectivity index (χ3v) is 7.54. The molecular formula is C26H28Cl2N2O4S. The molecule has 0 fully saturated rings. The van der Waals surface area contributed by atoms with Crippen LogP contribution in [0.2, 0.25) is 10.0 Å². The van der Waals surface area contributed by atoms with Crippen LogP contribution < -0.4 is 14.4 Å². The summed E-state index contributed by atoms with van der Waals surface area (Å²) in [6.45, 7) is 3.67. The molecule has 0 bridgehead atoms. The van der Waals surface area contributed by atoms with Gasteiger partial charge in [-0.3, -0.25) is 9.10 Å². The fraction of sp³-hybridized carbons (Fsp3) is 0.269. The van der Waals surface area contributed by atoms with E-state index >= 15 is 0 Å². The van der Waals surface area contributed by atoms with Gasteiger partial charge in [0, 0.05) is 10.0 Å². The van der Waals surface area contributed by atoms with Crippen molar-refractivity contribution in [3.63, 3.8) is 0 Å². The molecule has 1 amide bonds. The summed E-state index contributed by atoms with van der Waals surface area (Å²) in [7, 11) is -2.49. The van der Waals surface area contributed by atoms with Crippen molar-refractivity contribution < 1.29 is 17.9 Å². The fourth-order valence-corrected chi connectivity index (χ4v) is 5.61. The van der Waals surface area contributed by atoms with E-state index < -0.39 is 22.5 Å². The Morgan fingerprint density at radius 2 is 1.57 bits per heavy atom. The van der Waals surface area contributed by atoms with E-state index in [1.54, 1.807) is 25.3 Å². The highest BCUT2D eigenvalue weighted by molar-refractivity contribution is 7.92. The van der Waals surface area contributed by atoms with Gasteiger partial charge in [0.25, 0.3) is 10.0 Å². The highest BCUT2D eigenvalue weighted by Gasteiger charge is 2.28. The van der Waals surface area contributed by atoms with E-state index in [1.165, 1.54) is 30.3 Å². The Kier molecular flexibility index (Phi) is 9.05. The number of sulfonamides is 1. The van der Waals surface area contributed by atoms with E-state index in [0.29, 0.717) is 18.1 Å². The summed E-state index contributed by atoms with van der Waals surface area (Å²) in [6.07, 6.45) is 0.673. The predicted molar refractivity (Wildman–Crippen MR) is 141 cm³/mol. The molecular weight excluding hydrogens is 507 g/mol. The monoisotopic (exact) mass is 534 g/mol. The number of anilines is 1. The number of benzene rings is 3. The van der Waals surface area contributed by atoms with Gasteiger partial charge in [0.2, 0.25) is 5.91 Å². The molecule has 1 N–H and O–H groups in total. The molecule has 0 saturated carbocycles. The Morgan fingerprint density at radius 3 is 2.11 bits per heavy atom. The first-order chi connectivity index (χ1) is 16.6. The molecule has 3 rings (SSSR count). The van der Waals surface area contributed by atoms with E-state index in [2.05, 4.69) is 19.2 Å². The van der Waals surface area contributed by atoms with Gasteiger partial charge in [0.15, 0.2) is 0 Å². The molecule has 3 aromatic rings. The minimum Gasteiger partial charge on any atom is -0.497 e. The second kappa shape index (κ2) is 11.8. The molecule has 35 heavy (non-hydrogen) atoms. The largest absolute Gasteiger partial charge is 0.497 e. The van der Waals surface area contributed by atoms with Crippen LogP contribution in [0.5, 0.6) is 5.75 Å². The smallest absolute Gasteiger partial charge is 0.264 e. The Hall–Kier alpha value is -2.74. The highest BCUT2D eigenvalue weighted by Crippen LogP contribution is 2.30. The van der Waals surface area contributed by atoms with Gasteiger partial charge in [-0.2, -0.15) is 0 Å². The van der Waals surface area contributed by atoms with E-state index in [4.69, 9.17) is 27.9 Å². The van der Waals surface area contributed by atoms with Crippen LogP contribution in [0.15, 0.2) is 77.7 Å². The number of nitrogens with zero attached hydrogens (tertiary/aromatic N) is 1. The average molecular weight is 535 g/mol. The Bertz CT molecular complexity index is 1230. The average Bonchev–Trinajstić information content (AvgIpc) is 2.81. The van der Waals surface area contributed by atoms with Crippen molar-refractivity contribution in [1.82, 2.24) is 5.32 Å². The van der Waals surface area contributed by atoms with Crippen molar-refractivity contribution >= 4 is 44.8 Å². The number of halogens is 2. The topological polar surface area (TPSA) is 75.7 Å². The number of hydrogen-bond acceptors (Lipinski definition) is 4. The van der Waals surface area contributed by atoms with Crippen LogP contribution in [0, 0.1) is 5.92 Å². The van der Waals surface area contributed by atoms with E-state index in [1.807, 2.05) is 24.3 Å². The van der Waals surface area contributed by atoms with Crippen molar-refractivity contribution in [3.05, 3.63) is 88.4 Å². The van der Waals surface area contributed by atoms with Gasteiger partial charge in [-0.05, 0) is 60.4 Å². The summed E-state index contributed by atoms with van der Waals surface area (Å²) in [5.41, 5.74) is 1.10. The number of amides is 1. The molecule has 0 spiro atoms. The van der Waals surface area contributed by atoms with Gasteiger partial charge in [0.1, 0.15) is 12.3 Å². The maximum atomic E-state index is 13.5. The first-order valence-corrected chi connectivity index (χ1v) is 13.3. The lowest BCUT2D eigenvalue weighted by molar-refractivity contribution is -0.120. The van der Waals surface area contributed by atoms with Crippen molar-refractivity contribution in [2.75, 3.05) is 18.0 Å². The summed E-state index contributed by atoms with van der Waals surface area (Å²) < 4.78 is 33.3. The van der Waals surface area contributed by atoms with Crippen molar-refractivity contribution in [2.45, 2.75) is 31.2 Å². The lowest BCUT2D eigenvalue weighted by Gasteiger charge is -2.27. The third-order valence-electron chi connectivity index (χ3n) is 5.31. The molecule has 6 nitrogen and oxygen atoms in total. The summed E-state index contributed by atoms with van der Waals surface area (Å²) in [6, 6.07) is 19.5.